The Balaban J connectivity index is 4.49. The van der Waals surface area contributed by atoms with E-state index in [0.29, 0.717) is 19.3 Å². The Kier molecular flexibility index (Phi) is 33.5. The molecule has 0 aliphatic heterocycles. The zero-order chi connectivity index (χ0) is 37.0. The minimum atomic E-state index is -4.63. The summed E-state index contributed by atoms with van der Waals surface area (Å²) in [6.07, 6.45) is 36.3. The largest absolute Gasteiger partial charge is 0.472 e. The smallest absolute Gasteiger partial charge is 0.462 e. The third kappa shape index (κ3) is 34.1. The van der Waals surface area contributed by atoms with E-state index in [0.717, 1.165) is 51.4 Å². The van der Waals surface area contributed by atoms with Crippen molar-refractivity contribution in [3.63, 3.8) is 0 Å². The summed E-state index contributed by atoms with van der Waals surface area (Å²) in [6, 6.07) is 0. The molecule has 0 rings (SSSR count). The maximum Gasteiger partial charge on any atom is 0.472 e. The van der Waals surface area contributed by atoms with Crippen LogP contribution in [0, 0.1) is 0 Å². The van der Waals surface area contributed by atoms with Crippen LogP contribution in [0.4, 0.5) is 0 Å². The van der Waals surface area contributed by atoms with E-state index < -0.39 is 51.8 Å². The molecule has 0 amide bonds. The van der Waals surface area contributed by atoms with Gasteiger partial charge in [0.05, 0.1) is 19.8 Å². The Morgan fingerprint density at radius 2 is 1.10 bits per heavy atom. The average Bonchev–Trinajstić information content (AvgIpc) is 3.10. The molecule has 0 saturated heterocycles. The zero-order valence-electron chi connectivity index (χ0n) is 30.8. The predicted octanol–water partition coefficient (Wildman–Crippen LogP) is 9.16. The van der Waals surface area contributed by atoms with Gasteiger partial charge in [-0.05, 0) is 51.4 Å². The van der Waals surface area contributed by atoms with E-state index in [-0.39, 0.29) is 19.4 Å². The van der Waals surface area contributed by atoms with Crippen LogP contribution >= 0.6 is 7.82 Å². The molecule has 3 unspecified atom stereocenters. The molecule has 0 spiro atoms. The SMILES string of the molecule is CC/C=C\C/C=C\C/C=C\C/C=C\C/C=C\CCCC(=O)OC(COC(=O)CCCCCCCCCCCC)COP(=O)(O)OCC(O)CO. The third-order valence-electron chi connectivity index (χ3n) is 7.44. The molecule has 3 N–H and O–H groups in total. The number of allylic oxidation sites excluding steroid dienone is 10. The topological polar surface area (TPSA) is 149 Å². The first kappa shape index (κ1) is 47.7. The number of carbonyl (C=O) groups excluding carboxylic acids is 2. The molecule has 0 bridgehead atoms. The zero-order valence-corrected chi connectivity index (χ0v) is 31.7. The van der Waals surface area contributed by atoms with Gasteiger partial charge in [-0.25, -0.2) is 4.57 Å². The summed E-state index contributed by atoms with van der Waals surface area (Å²) >= 11 is 0. The van der Waals surface area contributed by atoms with Crippen molar-refractivity contribution < 1.29 is 47.8 Å². The van der Waals surface area contributed by atoms with Gasteiger partial charge < -0.3 is 24.6 Å². The van der Waals surface area contributed by atoms with E-state index in [4.69, 9.17) is 19.1 Å². The lowest BCUT2D eigenvalue weighted by atomic mass is 10.1. The fraction of sp³-hybridized carbons (Fsp3) is 0.692. The van der Waals surface area contributed by atoms with Gasteiger partial charge in [-0.1, -0.05) is 132 Å². The molecule has 0 fully saturated rings. The second kappa shape index (κ2) is 35.1. The third-order valence-corrected chi connectivity index (χ3v) is 8.39. The van der Waals surface area contributed by atoms with Crippen molar-refractivity contribution in [2.24, 2.45) is 0 Å². The number of aliphatic hydroxyl groups is 2. The van der Waals surface area contributed by atoms with Crippen LogP contribution in [0.2, 0.25) is 0 Å². The van der Waals surface area contributed by atoms with Crippen LogP contribution in [0.25, 0.3) is 0 Å². The Morgan fingerprint density at radius 3 is 1.64 bits per heavy atom. The van der Waals surface area contributed by atoms with Crippen molar-refractivity contribution in [3.05, 3.63) is 60.8 Å². The summed E-state index contributed by atoms with van der Waals surface area (Å²) in [7, 11) is -4.63. The minimum absolute atomic E-state index is 0.105. The quantitative estimate of drug-likeness (QED) is 0.0254. The fourth-order valence-corrected chi connectivity index (χ4v) is 5.35. The number of carbonyl (C=O) groups is 2. The van der Waals surface area contributed by atoms with Crippen LogP contribution in [0.5, 0.6) is 0 Å². The van der Waals surface area contributed by atoms with Gasteiger partial charge in [0.1, 0.15) is 12.7 Å². The summed E-state index contributed by atoms with van der Waals surface area (Å²) in [4.78, 5) is 34.7. The number of unbranched alkanes of at least 4 members (excludes halogenated alkanes) is 10. The Bertz CT molecular complexity index is 1020. The maximum atomic E-state index is 12.5. The van der Waals surface area contributed by atoms with Crippen molar-refractivity contribution >= 4 is 19.8 Å². The molecule has 11 heteroatoms. The van der Waals surface area contributed by atoms with E-state index in [1.807, 2.05) is 12.2 Å². The number of hydrogen-bond donors (Lipinski definition) is 3. The number of phosphoric acid groups is 1. The summed E-state index contributed by atoms with van der Waals surface area (Å²) in [5, 5.41) is 18.2. The Labute approximate surface area is 302 Å². The van der Waals surface area contributed by atoms with Crippen molar-refractivity contribution in [1.29, 1.82) is 0 Å². The molecule has 0 saturated carbocycles. The number of esters is 2. The van der Waals surface area contributed by atoms with Gasteiger partial charge in [0.2, 0.25) is 0 Å². The van der Waals surface area contributed by atoms with Gasteiger partial charge in [-0.15, -0.1) is 0 Å². The van der Waals surface area contributed by atoms with Gasteiger partial charge in [0.15, 0.2) is 6.10 Å². The first-order chi connectivity index (χ1) is 24.2. The highest BCUT2D eigenvalue weighted by Crippen LogP contribution is 2.43. The molecular weight excluding hydrogens is 659 g/mol. The molecule has 10 nitrogen and oxygen atoms in total. The molecule has 0 aromatic rings. The van der Waals surface area contributed by atoms with Crippen LogP contribution < -0.4 is 0 Å². The van der Waals surface area contributed by atoms with Gasteiger partial charge in [0.25, 0.3) is 0 Å². The number of ether oxygens (including phenoxy) is 2. The van der Waals surface area contributed by atoms with Crippen LogP contribution in [-0.2, 0) is 32.7 Å². The molecule has 0 aliphatic rings. The first-order valence-electron chi connectivity index (χ1n) is 18.7. The molecule has 0 heterocycles. The van der Waals surface area contributed by atoms with Crippen molar-refractivity contribution in [2.75, 3.05) is 26.4 Å². The lowest BCUT2D eigenvalue weighted by molar-refractivity contribution is -0.161. The molecule has 50 heavy (non-hydrogen) atoms. The number of phosphoric ester groups is 1. The molecule has 0 aromatic carbocycles. The van der Waals surface area contributed by atoms with Gasteiger partial charge >= 0.3 is 19.8 Å². The van der Waals surface area contributed by atoms with Gasteiger partial charge in [-0.2, -0.15) is 0 Å². The summed E-state index contributed by atoms with van der Waals surface area (Å²) in [5.74, 6) is -1.00. The predicted molar refractivity (Wildman–Crippen MR) is 200 cm³/mol. The number of aliphatic hydroxyl groups excluding tert-OH is 2. The Morgan fingerprint density at radius 1 is 0.620 bits per heavy atom. The highest BCUT2D eigenvalue weighted by atomic mass is 31.2. The number of rotatable bonds is 34. The van der Waals surface area contributed by atoms with Crippen LogP contribution in [0.15, 0.2) is 60.8 Å². The van der Waals surface area contributed by atoms with Crippen molar-refractivity contribution in [1.82, 2.24) is 0 Å². The lowest BCUT2D eigenvalue weighted by Crippen LogP contribution is -2.29. The molecule has 288 valence electrons. The standard InChI is InChI=1S/C39H67O10P/c1-3-5-7-9-11-13-15-16-17-18-19-20-21-23-25-27-29-31-39(43)49-37(35-48-50(44,45)47-33-36(41)32-40)34-46-38(42)30-28-26-24-22-14-12-10-8-6-4-2/h5,7,11,13,16-17,19-20,23,25,36-37,40-41H,3-4,6,8-10,12,14-15,18,21-22,24,26-35H2,1-2H3,(H,44,45)/b7-5-,13-11-,17-16-,20-19-,25-23-. The first-order valence-corrected chi connectivity index (χ1v) is 20.2. The summed E-state index contributed by atoms with van der Waals surface area (Å²) < 4.78 is 32.5. The summed E-state index contributed by atoms with van der Waals surface area (Å²) in [5.41, 5.74) is 0. The normalized spacial score (nSPS) is 14.7. The summed E-state index contributed by atoms with van der Waals surface area (Å²) in [6.45, 7) is 2.15. The second-order valence-corrected chi connectivity index (χ2v) is 13.7. The minimum Gasteiger partial charge on any atom is -0.462 e. The van der Waals surface area contributed by atoms with E-state index >= 15 is 0 Å². The van der Waals surface area contributed by atoms with Crippen LogP contribution in [-0.4, -0.2) is 65.7 Å². The van der Waals surface area contributed by atoms with E-state index in [1.165, 1.54) is 38.5 Å². The highest BCUT2D eigenvalue weighted by Gasteiger charge is 2.27. The van der Waals surface area contributed by atoms with Crippen molar-refractivity contribution in [3.8, 4) is 0 Å². The van der Waals surface area contributed by atoms with Gasteiger partial charge in [0, 0.05) is 12.8 Å². The average molecular weight is 727 g/mol. The van der Waals surface area contributed by atoms with Crippen LogP contribution in [0.1, 0.15) is 136 Å². The Hall–Kier alpha value is -2.33. The van der Waals surface area contributed by atoms with E-state index in [1.54, 1.807) is 0 Å². The monoisotopic (exact) mass is 726 g/mol. The molecule has 0 aromatic heterocycles. The highest BCUT2D eigenvalue weighted by molar-refractivity contribution is 7.47. The van der Waals surface area contributed by atoms with Gasteiger partial charge in [-0.3, -0.25) is 18.6 Å². The molecule has 0 radical (unpaired) electrons. The fourth-order valence-electron chi connectivity index (χ4n) is 4.56. The number of hydrogen-bond acceptors (Lipinski definition) is 9. The molecule has 0 aliphatic carbocycles. The van der Waals surface area contributed by atoms with Crippen LogP contribution in [0.3, 0.4) is 0 Å². The maximum absolute atomic E-state index is 12.5. The molecule has 3 atom stereocenters. The van der Waals surface area contributed by atoms with Crippen molar-refractivity contribution in [2.45, 2.75) is 148 Å². The van der Waals surface area contributed by atoms with E-state index in [2.05, 4.69) is 67.0 Å². The molecular formula is C39H67O10P. The lowest BCUT2D eigenvalue weighted by Gasteiger charge is -2.20. The van der Waals surface area contributed by atoms with E-state index in [9.17, 15) is 24.2 Å². The second-order valence-electron chi connectivity index (χ2n) is 12.2.